The van der Waals surface area contributed by atoms with Gasteiger partial charge in [0.1, 0.15) is 17.9 Å². The lowest BCUT2D eigenvalue weighted by Crippen LogP contribution is -2.06. The monoisotopic (exact) mass is 318 g/mol. The summed E-state index contributed by atoms with van der Waals surface area (Å²) in [5, 5.41) is 10.4. The third-order valence-corrected chi connectivity index (χ3v) is 3.79. The molecule has 0 aliphatic carbocycles. The van der Waals surface area contributed by atoms with E-state index < -0.39 is 5.97 Å². The molecule has 0 aliphatic heterocycles. The quantitative estimate of drug-likeness (QED) is 0.712. The van der Waals surface area contributed by atoms with Crippen molar-refractivity contribution in [1.29, 1.82) is 0 Å². The molecule has 0 fully saturated rings. The van der Waals surface area contributed by atoms with E-state index >= 15 is 0 Å². The number of para-hydroxylation sites is 1. The van der Waals surface area contributed by atoms with Gasteiger partial charge in [-0.3, -0.25) is 0 Å². The molecule has 3 nitrogen and oxygen atoms in total. The Morgan fingerprint density at radius 1 is 0.792 bits per heavy atom. The van der Waals surface area contributed by atoms with Gasteiger partial charge in [-0.15, -0.1) is 0 Å². The van der Waals surface area contributed by atoms with Gasteiger partial charge in [0.05, 0.1) is 0 Å². The number of carbonyl (C=O) groups excluding carboxylic acids is 1. The molecule has 3 aromatic carbocycles. The average molecular weight is 318 g/mol. The third-order valence-electron chi connectivity index (χ3n) is 3.79. The van der Waals surface area contributed by atoms with E-state index in [9.17, 15) is 9.90 Å². The molecule has 1 N–H and O–H groups in total. The first-order valence-electron chi connectivity index (χ1n) is 7.80. The van der Waals surface area contributed by atoms with E-state index in [0.717, 1.165) is 11.1 Å². The van der Waals surface area contributed by atoms with Gasteiger partial charge >= 0.3 is 5.97 Å². The highest BCUT2D eigenvalue weighted by Gasteiger charge is 2.15. The minimum Gasteiger partial charge on any atom is -0.507 e. The molecule has 0 radical (unpaired) electrons. The Balaban J connectivity index is 1.73. The summed E-state index contributed by atoms with van der Waals surface area (Å²) in [6, 6.07) is 24.4. The minimum atomic E-state index is -0.522. The van der Waals surface area contributed by atoms with Crippen LogP contribution in [-0.2, 0) is 17.8 Å². The van der Waals surface area contributed by atoms with Crippen molar-refractivity contribution in [3.63, 3.8) is 0 Å². The molecule has 0 bridgehead atoms. The fourth-order valence-electron chi connectivity index (χ4n) is 2.52. The molecule has 3 aromatic rings. The van der Waals surface area contributed by atoms with E-state index in [4.69, 9.17) is 4.74 Å². The summed E-state index contributed by atoms with van der Waals surface area (Å²) >= 11 is 0. The predicted molar refractivity (Wildman–Crippen MR) is 92.9 cm³/mol. The fourth-order valence-corrected chi connectivity index (χ4v) is 2.52. The van der Waals surface area contributed by atoms with Crippen LogP contribution in [0.25, 0.3) is 0 Å². The molecule has 3 rings (SSSR count). The van der Waals surface area contributed by atoms with Crippen LogP contribution in [0.2, 0.25) is 0 Å². The zero-order chi connectivity index (χ0) is 16.8. The summed E-state index contributed by atoms with van der Waals surface area (Å²) in [7, 11) is 0. The van der Waals surface area contributed by atoms with E-state index in [1.165, 1.54) is 0 Å². The van der Waals surface area contributed by atoms with Crippen LogP contribution in [0.4, 0.5) is 0 Å². The van der Waals surface area contributed by atoms with Crippen molar-refractivity contribution in [1.82, 2.24) is 0 Å². The number of hydrogen-bond acceptors (Lipinski definition) is 3. The highest BCUT2D eigenvalue weighted by atomic mass is 16.5. The van der Waals surface area contributed by atoms with Crippen LogP contribution >= 0.6 is 0 Å². The second kappa shape index (κ2) is 7.47. The lowest BCUT2D eigenvalue weighted by atomic mass is 10.0. The summed E-state index contributed by atoms with van der Waals surface area (Å²) in [6.45, 7) is 0.183. The standard InChI is InChI=1S/C21H18O3/c22-20-18(14-16-8-3-1-4-9-16)12-7-13-19(20)21(23)24-15-17-10-5-2-6-11-17/h1-13,22H,14-15H2. The van der Waals surface area contributed by atoms with E-state index in [1.54, 1.807) is 12.1 Å². The topological polar surface area (TPSA) is 46.5 Å². The molecule has 0 aliphatic rings. The number of phenols is 1. The first-order valence-corrected chi connectivity index (χ1v) is 7.80. The van der Waals surface area contributed by atoms with Gasteiger partial charge in [0.25, 0.3) is 0 Å². The second-order valence-corrected chi connectivity index (χ2v) is 5.54. The van der Waals surface area contributed by atoms with Gasteiger partial charge in [-0.05, 0) is 22.8 Å². The number of hydrogen-bond donors (Lipinski definition) is 1. The smallest absolute Gasteiger partial charge is 0.342 e. The molecule has 120 valence electrons. The van der Waals surface area contributed by atoms with Crippen molar-refractivity contribution in [3.8, 4) is 5.75 Å². The van der Waals surface area contributed by atoms with Gasteiger partial charge in [0.15, 0.2) is 0 Å². The minimum absolute atomic E-state index is 0.0144. The van der Waals surface area contributed by atoms with Gasteiger partial charge in [-0.25, -0.2) is 4.79 Å². The van der Waals surface area contributed by atoms with E-state index in [-0.39, 0.29) is 17.9 Å². The number of aromatic hydroxyl groups is 1. The highest BCUT2D eigenvalue weighted by molar-refractivity contribution is 5.92. The van der Waals surface area contributed by atoms with Crippen LogP contribution in [-0.4, -0.2) is 11.1 Å². The maximum atomic E-state index is 12.3. The SMILES string of the molecule is O=C(OCc1ccccc1)c1cccc(Cc2ccccc2)c1O. The molecule has 0 spiro atoms. The number of ether oxygens (including phenoxy) is 1. The molecule has 0 amide bonds. The van der Waals surface area contributed by atoms with E-state index in [1.807, 2.05) is 66.7 Å². The molecule has 3 heteroatoms. The normalized spacial score (nSPS) is 10.3. The zero-order valence-electron chi connectivity index (χ0n) is 13.2. The molecular formula is C21H18O3. The number of phenolic OH excluding ortho intramolecular Hbond substituents is 1. The summed E-state index contributed by atoms with van der Waals surface area (Å²) in [5.74, 6) is -0.536. The third kappa shape index (κ3) is 3.82. The van der Waals surface area contributed by atoms with Crippen LogP contribution < -0.4 is 0 Å². The Bertz CT molecular complexity index is 811. The van der Waals surface area contributed by atoms with Crippen molar-refractivity contribution in [2.45, 2.75) is 13.0 Å². The van der Waals surface area contributed by atoms with Crippen molar-refractivity contribution in [2.75, 3.05) is 0 Å². The Labute approximate surface area is 141 Å². The Kier molecular flexibility index (Phi) is 4.92. The van der Waals surface area contributed by atoms with Crippen molar-refractivity contribution in [3.05, 3.63) is 101 Å². The molecule has 0 saturated heterocycles. The number of esters is 1. The van der Waals surface area contributed by atoms with Crippen molar-refractivity contribution in [2.24, 2.45) is 0 Å². The molecule has 0 atom stereocenters. The Hall–Kier alpha value is -3.07. The Morgan fingerprint density at radius 2 is 1.42 bits per heavy atom. The van der Waals surface area contributed by atoms with Gasteiger partial charge in [-0.1, -0.05) is 72.8 Å². The summed E-state index contributed by atoms with van der Waals surface area (Å²) in [4.78, 5) is 12.3. The van der Waals surface area contributed by atoms with Crippen LogP contribution in [0.3, 0.4) is 0 Å². The average Bonchev–Trinajstić information content (AvgIpc) is 2.63. The molecule has 0 unspecified atom stereocenters. The Morgan fingerprint density at radius 3 is 2.08 bits per heavy atom. The molecule has 0 aromatic heterocycles. The second-order valence-electron chi connectivity index (χ2n) is 5.54. The van der Waals surface area contributed by atoms with Gasteiger partial charge in [-0.2, -0.15) is 0 Å². The van der Waals surface area contributed by atoms with Crippen LogP contribution in [0, 0.1) is 0 Å². The van der Waals surface area contributed by atoms with Gasteiger partial charge in [0, 0.05) is 6.42 Å². The highest BCUT2D eigenvalue weighted by Crippen LogP contribution is 2.26. The first-order chi connectivity index (χ1) is 11.7. The van der Waals surface area contributed by atoms with Crippen LogP contribution in [0.15, 0.2) is 78.9 Å². The van der Waals surface area contributed by atoms with Crippen molar-refractivity contribution >= 4 is 5.97 Å². The molecule has 0 heterocycles. The van der Waals surface area contributed by atoms with E-state index in [0.29, 0.717) is 12.0 Å². The maximum absolute atomic E-state index is 12.3. The predicted octanol–water partition coefficient (Wildman–Crippen LogP) is 4.34. The number of carbonyl (C=O) groups is 1. The summed E-state index contributed by atoms with van der Waals surface area (Å²) in [5.41, 5.74) is 2.88. The fraction of sp³-hybridized carbons (Fsp3) is 0.0952. The molecule has 24 heavy (non-hydrogen) atoms. The van der Waals surface area contributed by atoms with Crippen LogP contribution in [0.1, 0.15) is 27.0 Å². The lowest BCUT2D eigenvalue weighted by molar-refractivity contribution is 0.0469. The molecule has 0 saturated carbocycles. The largest absolute Gasteiger partial charge is 0.507 e. The van der Waals surface area contributed by atoms with Crippen molar-refractivity contribution < 1.29 is 14.6 Å². The first kappa shape index (κ1) is 15.8. The van der Waals surface area contributed by atoms with Crippen LogP contribution in [0.5, 0.6) is 5.75 Å². The van der Waals surface area contributed by atoms with Gasteiger partial charge in [0.2, 0.25) is 0 Å². The number of rotatable bonds is 5. The maximum Gasteiger partial charge on any atom is 0.342 e. The van der Waals surface area contributed by atoms with E-state index in [2.05, 4.69) is 0 Å². The van der Waals surface area contributed by atoms with Gasteiger partial charge < -0.3 is 9.84 Å². The molecular weight excluding hydrogens is 300 g/mol. The lowest BCUT2D eigenvalue weighted by Gasteiger charge is -2.10. The summed E-state index contributed by atoms with van der Waals surface area (Å²) in [6.07, 6.45) is 0.562. The zero-order valence-corrected chi connectivity index (χ0v) is 13.2. The summed E-state index contributed by atoms with van der Waals surface area (Å²) < 4.78 is 5.30. The number of benzene rings is 3.